The number of nitrogens with one attached hydrogen (secondary N) is 1. The lowest BCUT2D eigenvalue weighted by Crippen LogP contribution is -2.49. The number of aryl methyl sites for hydroxylation is 1. The maximum atomic E-state index is 13.4. The van der Waals surface area contributed by atoms with Crippen molar-refractivity contribution in [2.45, 2.75) is 65.6 Å². The molecule has 0 heterocycles. The van der Waals surface area contributed by atoms with Crippen LogP contribution >= 0.6 is 0 Å². The van der Waals surface area contributed by atoms with Gasteiger partial charge in [0.15, 0.2) is 0 Å². The van der Waals surface area contributed by atoms with Gasteiger partial charge in [-0.15, -0.1) is 0 Å². The number of amides is 2. The minimum absolute atomic E-state index is 0.00190. The van der Waals surface area contributed by atoms with E-state index in [0.29, 0.717) is 24.4 Å². The Kier molecular flexibility index (Phi) is 10.8. The summed E-state index contributed by atoms with van der Waals surface area (Å²) in [5.41, 5.74) is 2.47. The van der Waals surface area contributed by atoms with Crippen molar-refractivity contribution < 1.29 is 22.7 Å². The highest BCUT2D eigenvalue weighted by molar-refractivity contribution is 7.92. The highest BCUT2D eigenvalue weighted by atomic mass is 32.2. The second-order valence-electron chi connectivity index (χ2n) is 9.14. The molecule has 2 rings (SSSR count). The first-order chi connectivity index (χ1) is 17.0. The van der Waals surface area contributed by atoms with Crippen molar-refractivity contribution in [1.29, 1.82) is 0 Å². The predicted molar refractivity (Wildman–Crippen MR) is 144 cm³/mol. The zero-order chi connectivity index (χ0) is 26.9. The first-order valence-electron chi connectivity index (χ1n) is 12.2. The Morgan fingerprint density at radius 3 is 2.39 bits per heavy atom. The molecule has 0 fully saturated rings. The third-order valence-corrected chi connectivity index (χ3v) is 7.29. The van der Waals surface area contributed by atoms with Crippen molar-refractivity contribution in [3.63, 3.8) is 0 Å². The van der Waals surface area contributed by atoms with Gasteiger partial charge in [0.25, 0.3) is 0 Å². The van der Waals surface area contributed by atoms with Gasteiger partial charge in [-0.2, -0.15) is 0 Å². The zero-order valence-corrected chi connectivity index (χ0v) is 23.0. The number of rotatable bonds is 13. The average Bonchev–Trinajstić information content (AvgIpc) is 2.83. The molecule has 8 nitrogen and oxygen atoms in total. The van der Waals surface area contributed by atoms with Crippen LogP contribution in [0.2, 0.25) is 0 Å². The highest BCUT2D eigenvalue weighted by Crippen LogP contribution is 2.24. The van der Waals surface area contributed by atoms with Crippen LogP contribution in [0.4, 0.5) is 5.69 Å². The van der Waals surface area contributed by atoms with E-state index in [4.69, 9.17) is 4.74 Å². The Bertz CT molecular complexity index is 1140. The van der Waals surface area contributed by atoms with Crippen molar-refractivity contribution >= 4 is 27.5 Å². The topological polar surface area (TPSA) is 96.0 Å². The van der Waals surface area contributed by atoms with E-state index < -0.39 is 16.1 Å². The minimum Gasteiger partial charge on any atom is -0.497 e. The van der Waals surface area contributed by atoms with E-state index in [0.717, 1.165) is 23.8 Å². The van der Waals surface area contributed by atoms with Crippen molar-refractivity contribution in [1.82, 2.24) is 10.2 Å². The quantitative estimate of drug-likeness (QED) is 0.435. The normalized spacial score (nSPS) is 12.9. The number of methoxy groups -OCH3 is 1. The predicted octanol–water partition coefficient (Wildman–Crippen LogP) is 3.88. The first kappa shape index (κ1) is 29.2. The molecule has 0 spiro atoms. The monoisotopic (exact) mass is 517 g/mol. The third-order valence-electron chi connectivity index (χ3n) is 6.10. The van der Waals surface area contributed by atoms with Gasteiger partial charge in [0.1, 0.15) is 11.8 Å². The van der Waals surface area contributed by atoms with Crippen LogP contribution in [0.5, 0.6) is 5.75 Å². The summed E-state index contributed by atoms with van der Waals surface area (Å²) < 4.78 is 31.5. The Hall–Kier alpha value is -3.07. The molecule has 0 bridgehead atoms. The van der Waals surface area contributed by atoms with Gasteiger partial charge in [-0.3, -0.25) is 13.9 Å². The average molecular weight is 518 g/mol. The molecule has 0 aliphatic rings. The van der Waals surface area contributed by atoms with Crippen molar-refractivity contribution in [3.8, 4) is 5.75 Å². The number of benzene rings is 2. The van der Waals surface area contributed by atoms with Gasteiger partial charge in [0.2, 0.25) is 21.8 Å². The summed E-state index contributed by atoms with van der Waals surface area (Å²) in [5, 5.41) is 2.96. The van der Waals surface area contributed by atoms with Crippen LogP contribution in [-0.2, 0) is 26.2 Å². The molecule has 0 aliphatic heterocycles. The van der Waals surface area contributed by atoms with Crippen LogP contribution in [0.3, 0.4) is 0 Å². The van der Waals surface area contributed by atoms with Gasteiger partial charge in [0, 0.05) is 31.6 Å². The van der Waals surface area contributed by atoms with Crippen LogP contribution < -0.4 is 14.4 Å². The molecular formula is C27H39N3O5S. The van der Waals surface area contributed by atoms with Crippen molar-refractivity contribution in [3.05, 3.63) is 59.7 Å². The number of nitrogens with zero attached hydrogens (tertiary/aromatic N) is 2. The fraction of sp³-hybridized carbons (Fsp3) is 0.481. The number of sulfonamides is 1. The van der Waals surface area contributed by atoms with E-state index in [1.54, 1.807) is 36.1 Å². The molecule has 1 N–H and O–H groups in total. The minimum atomic E-state index is -3.57. The summed E-state index contributed by atoms with van der Waals surface area (Å²) >= 11 is 0. The lowest BCUT2D eigenvalue weighted by molar-refractivity contribution is -0.140. The zero-order valence-electron chi connectivity index (χ0n) is 22.2. The number of hydrogen-bond donors (Lipinski definition) is 1. The van der Waals surface area contributed by atoms with E-state index in [2.05, 4.69) is 5.32 Å². The molecule has 2 amide bonds. The molecule has 0 aliphatic carbocycles. The number of anilines is 1. The van der Waals surface area contributed by atoms with Gasteiger partial charge in [0.05, 0.1) is 19.1 Å². The summed E-state index contributed by atoms with van der Waals surface area (Å²) in [6.07, 6.45) is 2.32. The number of carbonyl (C=O) groups is 2. The van der Waals surface area contributed by atoms with Crippen LogP contribution in [-0.4, -0.2) is 57.1 Å². The van der Waals surface area contributed by atoms with Crippen LogP contribution in [0.1, 0.15) is 51.2 Å². The molecule has 2 atom stereocenters. The maximum Gasteiger partial charge on any atom is 0.242 e. The smallest absolute Gasteiger partial charge is 0.242 e. The summed E-state index contributed by atoms with van der Waals surface area (Å²) in [7, 11) is -2.05. The van der Waals surface area contributed by atoms with E-state index >= 15 is 0 Å². The summed E-state index contributed by atoms with van der Waals surface area (Å²) in [4.78, 5) is 27.8. The molecule has 2 aromatic carbocycles. The van der Waals surface area contributed by atoms with Crippen molar-refractivity contribution in [2.24, 2.45) is 0 Å². The molecule has 0 aromatic heterocycles. The lowest BCUT2D eigenvalue weighted by Gasteiger charge is -2.30. The standard InChI is InChI=1S/C27H39N3O5S/c1-7-21(3)28-27(32)22(4)29(19-23-12-8-11-20(2)17-23)26(31)15-10-16-30(36(6,33)34)24-13-9-14-25(18-24)35-5/h8-9,11-14,17-18,21-22H,7,10,15-16,19H2,1-6H3,(H,28,32)/t21-,22-/m0/s1. The fourth-order valence-corrected chi connectivity index (χ4v) is 4.78. The number of ether oxygens (including phenoxy) is 1. The maximum absolute atomic E-state index is 13.4. The SMILES string of the molecule is CC[C@H](C)NC(=O)[C@H](C)N(Cc1cccc(C)c1)C(=O)CCCN(c1cccc(OC)c1)S(C)(=O)=O. The Labute approximate surface area is 215 Å². The summed E-state index contributed by atoms with van der Waals surface area (Å²) in [6, 6.07) is 14.0. The molecule has 0 saturated carbocycles. The van der Waals surface area contributed by atoms with E-state index in [9.17, 15) is 18.0 Å². The summed E-state index contributed by atoms with van der Waals surface area (Å²) in [5.74, 6) is 0.129. The van der Waals surface area contributed by atoms with Gasteiger partial charge in [-0.1, -0.05) is 42.8 Å². The molecule has 9 heteroatoms. The third kappa shape index (κ3) is 8.55. The fourth-order valence-electron chi connectivity index (χ4n) is 3.82. The lowest BCUT2D eigenvalue weighted by atomic mass is 10.1. The molecule has 198 valence electrons. The van der Waals surface area contributed by atoms with Gasteiger partial charge < -0.3 is 15.0 Å². The van der Waals surface area contributed by atoms with Gasteiger partial charge >= 0.3 is 0 Å². The van der Waals surface area contributed by atoms with Gasteiger partial charge in [-0.25, -0.2) is 8.42 Å². The van der Waals surface area contributed by atoms with Crippen LogP contribution in [0, 0.1) is 6.92 Å². The Balaban J connectivity index is 2.18. The molecule has 2 aromatic rings. The molecule has 0 radical (unpaired) electrons. The first-order valence-corrected chi connectivity index (χ1v) is 14.1. The van der Waals surface area contributed by atoms with Crippen LogP contribution in [0.15, 0.2) is 48.5 Å². The van der Waals surface area contributed by atoms with E-state index in [1.807, 2.05) is 45.0 Å². The molecule has 0 saturated heterocycles. The molecule has 36 heavy (non-hydrogen) atoms. The van der Waals surface area contributed by atoms with Crippen LogP contribution in [0.25, 0.3) is 0 Å². The van der Waals surface area contributed by atoms with E-state index in [1.165, 1.54) is 11.4 Å². The number of hydrogen-bond acceptors (Lipinski definition) is 5. The largest absolute Gasteiger partial charge is 0.497 e. The van der Waals surface area contributed by atoms with Gasteiger partial charge in [-0.05, 0) is 51.3 Å². The second kappa shape index (κ2) is 13.3. The molecule has 0 unspecified atom stereocenters. The highest BCUT2D eigenvalue weighted by Gasteiger charge is 2.27. The summed E-state index contributed by atoms with van der Waals surface area (Å²) in [6.45, 7) is 8.04. The molecular weight excluding hydrogens is 478 g/mol. The Morgan fingerprint density at radius 1 is 1.08 bits per heavy atom. The van der Waals surface area contributed by atoms with Crippen molar-refractivity contribution in [2.75, 3.05) is 24.2 Å². The Morgan fingerprint density at radius 2 is 1.78 bits per heavy atom. The number of carbonyl (C=O) groups excluding carboxylic acids is 2. The second-order valence-corrected chi connectivity index (χ2v) is 11.1. The van der Waals surface area contributed by atoms with E-state index in [-0.39, 0.29) is 30.8 Å².